The molecule has 0 heterocycles. The third-order valence-corrected chi connectivity index (χ3v) is 1.72. The van der Waals surface area contributed by atoms with Gasteiger partial charge in [-0.3, -0.25) is 4.55 Å². The van der Waals surface area contributed by atoms with E-state index >= 15 is 0 Å². The maximum Gasteiger partial charge on any atom is 0.287 e. The smallest absolute Gasteiger partial charge is 0.282 e. The number of rotatable bonds is 4. The van der Waals surface area contributed by atoms with Gasteiger partial charge >= 0.3 is 0 Å². The van der Waals surface area contributed by atoms with E-state index in [2.05, 4.69) is 13.8 Å². The Kier molecular flexibility index (Phi) is 4.37. The van der Waals surface area contributed by atoms with Gasteiger partial charge in [-0.25, -0.2) is 0 Å². The van der Waals surface area contributed by atoms with E-state index in [0.717, 1.165) is 11.8 Å². The summed E-state index contributed by atoms with van der Waals surface area (Å²) in [5, 5.41) is 0.829. The molecule has 11 heavy (non-hydrogen) atoms. The standard InChI is InChI=1S/C7H14O3S/c1-7(2)5-3-4-6-11(8,9)10/h4,6-7H,3,5H2,1-2H3,(H,8,9,10)/b6-4+. The lowest BCUT2D eigenvalue weighted by Gasteiger charge is -1.97. The molecule has 0 radical (unpaired) electrons. The minimum Gasteiger partial charge on any atom is -0.282 e. The average molecular weight is 178 g/mol. The van der Waals surface area contributed by atoms with Crippen LogP contribution in [-0.4, -0.2) is 13.0 Å². The van der Waals surface area contributed by atoms with Crippen LogP contribution < -0.4 is 0 Å². The molecular formula is C7H14O3S. The Labute approximate surface area is 67.9 Å². The quantitative estimate of drug-likeness (QED) is 0.668. The molecule has 0 amide bonds. The van der Waals surface area contributed by atoms with Gasteiger partial charge in [0.15, 0.2) is 0 Å². The van der Waals surface area contributed by atoms with Crippen molar-refractivity contribution in [3.63, 3.8) is 0 Å². The molecule has 0 spiro atoms. The summed E-state index contributed by atoms with van der Waals surface area (Å²) >= 11 is 0. The summed E-state index contributed by atoms with van der Waals surface area (Å²) in [7, 11) is -3.90. The van der Waals surface area contributed by atoms with E-state index in [9.17, 15) is 8.42 Å². The van der Waals surface area contributed by atoms with E-state index in [1.165, 1.54) is 6.08 Å². The molecule has 0 aliphatic heterocycles. The molecule has 0 aliphatic carbocycles. The van der Waals surface area contributed by atoms with Crippen molar-refractivity contribution in [2.24, 2.45) is 5.92 Å². The minimum absolute atomic E-state index is 0.557. The van der Waals surface area contributed by atoms with Crippen molar-refractivity contribution in [1.82, 2.24) is 0 Å². The first kappa shape index (κ1) is 10.7. The van der Waals surface area contributed by atoms with Gasteiger partial charge < -0.3 is 0 Å². The summed E-state index contributed by atoms with van der Waals surface area (Å²) < 4.78 is 28.6. The highest BCUT2D eigenvalue weighted by Crippen LogP contribution is 2.04. The second-order valence-electron chi connectivity index (χ2n) is 2.86. The van der Waals surface area contributed by atoms with Crippen LogP contribution in [0, 0.1) is 5.92 Å². The number of allylic oxidation sites excluding steroid dienone is 1. The third-order valence-electron chi connectivity index (χ3n) is 1.18. The molecule has 0 aromatic carbocycles. The summed E-state index contributed by atoms with van der Waals surface area (Å²) in [5.41, 5.74) is 0. The average Bonchev–Trinajstić information content (AvgIpc) is 1.78. The molecule has 0 aliphatic rings. The zero-order chi connectivity index (χ0) is 8.91. The summed E-state index contributed by atoms with van der Waals surface area (Å²) in [6.07, 6.45) is 3.10. The highest BCUT2D eigenvalue weighted by atomic mass is 32.2. The highest BCUT2D eigenvalue weighted by molar-refractivity contribution is 7.88. The molecule has 0 rings (SSSR count). The molecule has 0 unspecified atom stereocenters. The summed E-state index contributed by atoms with van der Waals surface area (Å²) in [6, 6.07) is 0. The lowest BCUT2D eigenvalue weighted by molar-refractivity contribution is 0.494. The van der Waals surface area contributed by atoms with Crippen molar-refractivity contribution in [3.05, 3.63) is 11.5 Å². The molecule has 66 valence electrons. The van der Waals surface area contributed by atoms with Crippen LogP contribution in [0.4, 0.5) is 0 Å². The van der Waals surface area contributed by atoms with Gasteiger partial charge in [-0.05, 0) is 18.8 Å². The van der Waals surface area contributed by atoms with Crippen LogP contribution in [0.3, 0.4) is 0 Å². The van der Waals surface area contributed by atoms with E-state index < -0.39 is 10.1 Å². The number of hydrogen-bond acceptors (Lipinski definition) is 2. The fourth-order valence-electron chi connectivity index (χ4n) is 0.619. The van der Waals surface area contributed by atoms with Crippen molar-refractivity contribution in [3.8, 4) is 0 Å². The lowest BCUT2D eigenvalue weighted by Crippen LogP contribution is -1.90. The van der Waals surface area contributed by atoms with Gasteiger partial charge in [0.2, 0.25) is 0 Å². The fraction of sp³-hybridized carbons (Fsp3) is 0.714. The first-order valence-corrected chi connectivity index (χ1v) is 5.06. The molecule has 1 N–H and O–H groups in total. The van der Waals surface area contributed by atoms with Crippen LogP contribution in [-0.2, 0) is 10.1 Å². The Morgan fingerprint density at radius 2 is 2.00 bits per heavy atom. The molecule has 0 bridgehead atoms. The summed E-state index contributed by atoms with van der Waals surface area (Å²) in [4.78, 5) is 0. The molecule has 0 saturated carbocycles. The van der Waals surface area contributed by atoms with Crippen molar-refractivity contribution in [1.29, 1.82) is 0 Å². The number of hydrogen-bond donors (Lipinski definition) is 1. The van der Waals surface area contributed by atoms with Crippen LogP contribution in [0.2, 0.25) is 0 Å². The van der Waals surface area contributed by atoms with E-state index in [1.54, 1.807) is 0 Å². The van der Waals surface area contributed by atoms with Gasteiger partial charge in [0.25, 0.3) is 10.1 Å². The molecule has 0 fully saturated rings. The van der Waals surface area contributed by atoms with Crippen LogP contribution in [0.15, 0.2) is 11.5 Å². The molecule has 3 nitrogen and oxygen atoms in total. The van der Waals surface area contributed by atoms with Gasteiger partial charge in [-0.2, -0.15) is 8.42 Å². The Balaban J connectivity index is 3.63. The van der Waals surface area contributed by atoms with E-state index in [-0.39, 0.29) is 0 Å². The van der Waals surface area contributed by atoms with Crippen molar-refractivity contribution >= 4 is 10.1 Å². The van der Waals surface area contributed by atoms with Crippen LogP contribution >= 0.6 is 0 Å². The summed E-state index contributed by atoms with van der Waals surface area (Å²) in [6.45, 7) is 4.11. The van der Waals surface area contributed by atoms with Crippen molar-refractivity contribution < 1.29 is 13.0 Å². The van der Waals surface area contributed by atoms with Crippen molar-refractivity contribution in [2.45, 2.75) is 26.7 Å². The van der Waals surface area contributed by atoms with Crippen LogP contribution in [0.1, 0.15) is 26.7 Å². The Hall–Kier alpha value is -0.350. The molecular weight excluding hydrogens is 164 g/mol. The van der Waals surface area contributed by atoms with Crippen LogP contribution in [0.25, 0.3) is 0 Å². The topological polar surface area (TPSA) is 54.4 Å². The Morgan fingerprint density at radius 3 is 2.36 bits per heavy atom. The minimum atomic E-state index is -3.90. The predicted octanol–water partition coefficient (Wildman–Crippen LogP) is 1.82. The maximum absolute atomic E-state index is 10.1. The van der Waals surface area contributed by atoms with E-state index in [0.29, 0.717) is 12.3 Å². The van der Waals surface area contributed by atoms with Gasteiger partial charge in [0.05, 0.1) is 5.41 Å². The van der Waals surface area contributed by atoms with Gasteiger partial charge in [-0.15, -0.1) is 0 Å². The second kappa shape index (κ2) is 4.51. The molecule has 0 aromatic heterocycles. The van der Waals surface area contributed by atoms with Gasteiger partial charge in [0, 0.05) is 0 Å². The molecule has 0 saturated heterocycles. The normalized spacial score (nSPS) is 13.1. The van der Waals surface area contributed by atoms with Crippen LogP contribution in [0.5, 0.6) is 0 Å². The lowest BCUT2D eigenvalue weighted by atomic mass is 10.1. The second-order valence-corrected chi connectivity index (χ2v) is 4.16. The summed E-state index contributed by atoms with van der Waals surface area (Å²) in [5.74, 6) is 0.557. The van der Waals surface area contributed by atoms with Crippen molar-refractivity contribution in [2.75, 3.05) is 0 Å². The van der Waals surface area contributed by atoms with Gasteiger partial charge in [0.1, 0.15) is 0 Å². The van der Waals surface area contributed by atoms with Gasteiger partial charge in [-0.1, -0.05) is 19.9 Å². The monoisotopic (exact) mass is 178 g/mol. The zero-order valence-corrected chi connectivity index (χ0v) is 7.63. The first-order valence-electron chi connectivity index (χ1n) is 3.56. The fourth-order valence-corrected chi connectivity index (χ4v) is 0.998. The molecule has 0 atom stereocenters. The molecule has 0 aromatic rings. The van der Waals surface area contributed by atoms with E-state index in [4.69, 9.17) is 4.55 Å². The largest absolute Gasteiger partial charge is 0.287 e. The van der Waals surface area contributed by atoms with E-state index in [1.807, 2.05) is 0 Å². The Morgan fingerprint density at radius 1 is 1.45 bits per heavy atom. The third kappa shape index (κ3) is 9.65. The predicted molar refractivity (Wildman–Crippen MR) is 44.8 cm³/mol. The SMILES string of the molecule is CC(C)CC/C=C/S(=O)(=O)O. The zero-order valence-electron chi connectivity index (χ0n) is 6.82. The Bertz CT molecular complexity index is 214. The maximum atomic E-state index is 10.1. The highest BCUT2D eigenvalue weighted by Gasteiger charge is 1.95. The molecule has 4 heteroatoms. The first-order chi connectivity index (χ1) is 4.92.